The second-order valence-electron chi connectivity index (χ2n) is 16.6. The lowest BCUT2D eigenvalue weighted by atomic mass is 9.62. The smallest absolute Gasteiger partial charge is 0.317 e. The summed E-state index contributed by atoms with van der Waals surface area (Å²) in [6, 6.07) is -0.660. The molecule has 0 saturated heterocycles. The maximum Gasteiger partial charge on any atom is 0.317 e. The average molecular weight is 774 g/mol. The molecule has 2 aliphatic rings. The van der Waals surface area contributed by atoms with Gasteiger partial charge in [-0.25, -0.2) is 29.2 Å². The minimum Gasteiger partial charge on any atom is -0.396 e. The Kier molecular flexibility index (Phi) is 25.3. The van der Waals surface area contributed by atoms with Crippen LogP contribution in [0.5, 0.6) is 0 Å². The maximum absolute atomic E-state index is 12.7. The van der Waals surface area contributed by atoms with Crippen molar-refractivity contribution in [1.29, 1.82) is 0 Å². The van der Waals surface area contributed by atoms with E-state index in [0.29, 0.717) is 45.6 Å². The number of carbonyl (C=O) groups is 2. The summed E-state index contributed by atoms with van der Waals surface area (Å²) in [7, 11) is 0. The molecule has 314 valence electrons. The van der Waals surface area contributed by atoms with Crippen LogP contribution in [0.25, 0.3) is 0 Å². The second kappa shape index (κ2) is 26.8. The van der Waals surface area contributed by atoms with E-state index >= 15 is 0 Å². The molecule has 2 saturated carbocycles. The summed E-state index contributed by atoms with van der Waals surface area (Å²) in [4.78, 5) is 56.1. The molecule has 4 unspecified atom stereocenters. The lowest BCUT2D eigenvalue weighted by molar-refractivity contribution is 0.0694. The summed E-state index contributed by atoms with van der Waals surface area (Å²) in [5.74, 6) is 0. The molecule has 0 aromatic carbocycles. The predicted molar refractivity (Wildman–Crippen MR) is 205 cm³/mol. The van der Waals surface area contributed by atoms with Gasteiger partial charge < -0.3 is 56.4 Å². The Morgan fingerprint density at radius 1 is 0.667 bits per heavy atom. The first-order chi connectivity index (χ1) is 25.4. The Balaban J connectivity index is 0.00000101. The van der Waals surface area contributed by atoms with E-state index in [1.807, 2.05) is 0 Å². The molecule has 0 aromatic rings. The van der Waals surface area contributed by atoms with E-state index in [1.165, 1.54) is 9.80 Å². The number of aliphatic hydroxyl groups is 6. The topological polar surface area (TPSA) is 257 Å². The minimum atomic E-state index is -0.327. The molecule has 54 heavy (non-hydrogen) atoms. The second-order valence-corrected chi connectivity index (χ2v) is 16.6. The molecule has 4 amide bonds. The van der Waals surface area contributed by atoms with Crippen LogP contribution in [0.15, 0.2) is 9.98 Å². The standard InChI is InChI=1S/C21H42N4O6.C12H18N2O2.C4H11NO2/c1-20(2)13-17(23-19(31)24(6-10-27)5-4-9-26)14-21(3,15-20)16-22-18(30)25(7-11-28)8-12-29;1-11(2)4-10(14-9-16)5-12(3,6-11)7-13-8-15;6-3-1-5-2-4-7/h17,26-29H,4-16H2,1-3H3,(H,22,30)(H,23,31);10H,4-7H2,1-3H3;5-7H,1-4H2. The van der Waals surface area contributed by atoms with Crippen molar-refractivity contribution >= 4 is 24.2 Å². The number of aliphatic imine (C=N–C) groups is 2. The van der Waals surface area contributed by atoms with Gasteiger partial charge in [0.1, 0.15) is 0 Å². The molecule has 2 fully saturated rings. The Bertz CT molecular complexity index is 1160. The Morgan fingerprint density at radius 2 is 1.20 bits per heavy atom. The van der Waals surface area contributed by atoms with Gasteiger partial charge in [-0.05, 0) is 66.6 Å². The number of nitrogens with one attached hydrogen (secondary N) is 3. The average Bonchev–Trinajstić information content (AvgIpc) is 3.07. The normalized spacial score (nSPS) is 23.8. The highest BCUT2D eigenvalue weighted by molar-refractivity contribution is 5.75. The summed E-state index contributed by atoms with van der Waals surface area (Å²) in [5, 5.41) is 61.6. The quantitative estimate of drug-likeness (QED) is 0.0503. The Hall–Kier alpha value is -2.98. The molecule has 2 aliphatic carbocycles. The van der Waals surface area contributed by atoms with Crippen LogP contribution in [-0.2, 0) is 9.59 Å². The summed E-state index contributed by atoms with van der Waals surface area (Å²) in [6.07, 6.45) is 8.69. The number of urea groups is 2. The molecule has 0 aliphatic heterocycles. The van der Waals surface area contributed by atoms with Crippen LogP contribution in [-0.4, -0.2) is 169 Å². The number of hydrogen-bond donors (Lipinski definition) is 9. The van der Waals surface area contributed by atoms with Crippen molar-refractivity contribution in [2.24, 2.45) is 31.6 Å². The van der Waals surface area contributed by atoms with Gasteiger partial charge in [-0.3, -0.25) is 0 Å². The molecular weight excluding hydrogens is 702 g/mol. The first-order valence-corrected chi connectivity index (χ1v) is 19.0. The lowest BCUT2D eigenvalue weighted by Gasteiger charge is -2.47. The van der Waals surface area contributed by atoms with Crippen LogP contribution in [0.4, 0.5) is 9.59 Å². The Morgan fingerprint density at radius 3 is 1.70 bits per heavy atom. The number of nitrogens with zero attached hydrogens (tertiary/aromatic N) is 4. The van der Waals surface area contributed by atoms with Crippen LogP contribution in [0.1, 0.15) is 86.5 Å². The summed E-state index contributed by atoms with van der Waals surface area (Å²) in [6.45, 7) is 15.5. The molecule has 17 nitrogen and oxygen atoms in total. The third-order valence-corrected chi connectivity index (χ3v) is 9.47. The number of carbonyl (C=O) groups excluding carboxylic acids is 4. The van der Waals surface area contributed by atoms with E-state index in [2.05, 4.69) is 67.5 Å². The van der Waals surface area contributed by atoms with E-state index in [0.717, 1.165) is 32.1 Å². The monoisotopic (exact) mass is 774 g/mol. The van der Waals surface area contributed by atoms with Crippen LogP contribution in [0.3, 0.4) is 0 Å². The van der Waals surface area contributed by atoms with E-state index in [4.69, 9.17) is 25.5 Å². The van der Waals surface area contributed by atoms with Gasteiger partial charge in [0, 0.05) is 58.5 Å². The number of isocyanates is 2. The van der Waals surface area contributed by atoms with Crippen LogP contribution in [0.2, 0.25) is 0 Å². The molecule has 2 rings (SSSR count). The molecule has 0 radical (unpaired) electrons. The lowest BCUT2D eigenvalue weighted by Crippen LogP contribution is -2.54. The molecular formula is C37H71N7O10. The zero-order chi connectivity index (χ0) is 41.3. The largest absolute Gasteiger partial charge is 0.396 e. The van der Waals surface area contributed by atoms with Crippen molar-refractivity contribution < 1.29 is 49.8 Å². The van der Waals surface area contributed by atoms with E-state index in [9.17, 15) is 24.3 Å². The highest BCUT2D eigenvalue weighted by Crippen LogP contribution is 2.47. The van der Waals surface area contributed by atoms with Crippen LogP contribution >= 0.6 is 0 Å². The minimum absolute atomic E-state index is 0.00750. The molecule has 9 N–H and O–H groups in total. The Labute approximate surface area is 321 Å². The SMILES string of the molecule is CC1(C)CC(N=C=O)CC(C)(CN=C=O)C1.CC1(C)CC(NC(=O)N(CCO)CCCO)CC(C)(CNC(=O)N(CCO)CCO)C1.OCCNCCO. The van der Waals surface area contributed by atoms with Gasteiger partial charge in [-0.1, -0.05) is 41.5 Å². The summed E-state index contributed by atoms with van der Waals surface area (Å²) in [5.41, 5.74) is -0.231. The van der Waals surface area contributed by atoms with E-state index in [1.54, 1.807) is 12.2 Å². The molecule has 0 heterocycles. The van der Waals surface area contributed by atoms with Crippen molar-refractivity contribution in [2.45, 2.75) is 98.6 Å². The van der Waals surface area contributed by atoms with Crippen molar-refractivity contribution in [3.05, 3.63) is 0 Å². The van der Waals surface area contributed by atoms with Gasteiger partial charge in [0.05, 0.1) is 45.6 Å². The molecule has 0 aromatic heterocycles. The number of hydrogen-bond acceptors (Lipinski definition) is 13. The molecule has 17 heteroatoms. The van der Waals surface area contributed by atoms with Crippen molar-refractivity contribution in [3.8, 4) is 0 Å². The molecule has 4 atom stereocenters. The molecule has 0 bridgehead atoms. The molecule has 0 spiro atoms. The predicted octanol–water partition coefficient (Wildman–Crippen LogP) is 0.758. The van der Waals surface area contributed by atoms with Crippen molar-refractivity contribution in [2.75, 3.05) is 92.0 Å². The third kappa shape index (κ3) is 21.8. The first-order valence-electron chi connectivity index (χ1n) is 19.0. The fraction of sp³-hybridized carbons (Fsp3) is 0.892. The van der Waals surface area contributed by atoms with Crippen LogP contribution < -0.4 is 16.0 Å². The van der Waals surface area contributed by atoms with E-state index in [-0.39, 0.29) is 105 Å². The van der Waals surface area contributed by atoms with E-state index < -0.39 is 0 Å². The first kappa shape index (κ1) is 51.0. The van der Waals surface area contributed by atoms with Crippen molar-refractivity contribution in [1.82, 2.24) is 25.8 Å². The van der Waals surface area contributed by atoms with Gasteiger partial charge in [-0.2, -0.15) is 0 Å². The number of aliphatic hydroxyl groups excluding tert-OH is 6. The number of amides is 4. The van der Waals surface area contributed by atoms with Gasteiger partial charge in [0.2, 0.25) is 12.2 Å². The van der Waals surface area contributed by atoms with Crippen LogP contribution in [0, 0.1) is 21.7 Å². The highest BCUT2D eigenvalue weighted by atomic mass is 16.3. The van der Waals surface area contributed by atoms with Gasteiger partial charge in [-0.15, -0.1) is 0 Å². The number of rotatable bonds is 19. The summed E-state index contributed by atoms with van der Waals surface area (Å²) < 4.78 is 0. The fourth-order valence-electron chi connectivity index (χ4n) is 8.16. The van der Waals surface area contributed by atoms with Gasteiger partial charge in [0.25, 0.3) is 0 Å². The van der Waals surface area contributed by atoms with Gasteiger partial charge in [0.15, 0.2) is 0 Å². The fourth-order valence-corrected chi connectivity index (χ4v) is 8.16. The highest BCUT2D eigenvalue weighted by Gasteiger charge is 2.43. The zero-order valence-corrected chi connectivity index (χ0v) is 33.6. The maximum atomic E-state index is 12.7. The zero-order valence-electron chi connectivity index (χ0n) is 33.6. The van der Waals surface area contributed by atoms with Gasteiger partial charge >= 0.3 is 12.1 Å². The summed E-state index contributed by atoms with van der Waals surface area (Å²) >= 11 is 0. The third-order valence-electron chi connectivity index (χ3n) is 9.47. The van der Waals surface area contributed by atoms with Crippen molar-refractivity contribution in [3.63, 3.8) is 0 Å².